The summed E-state index contributed by atoms with van der Waals surface area (Å²) in [7, 11) is 0. The van der Waals surface area contributed by atoms with Gasteiger partial charge < -0.3 is 15.2 Å². The molecule has 0 aliphatic carbocycles. The second-order valence-corrected chi connectivity index (χ2v) is 6.63. The molecule has 5 heteroatoms. The van der Waals surface area contributed by atoms with Crippen LogP contribution in [0.5, 0.6) is 5.75 Å². The van der Waals surface area contributed by atoms with E-state index in [1.54, 1.807) is 18.2 Å². The third kappa shape index (κ3) is 4.86. The van der Waals surface area contributed by atoms with Crippen molar-refractivity contribution in [3.63, 3.8) is 0 Å². The molecule has 0 fully saturated rings. The maximum absolute atomic E-state index is 11.0. The molecule has 0 amide bonds. The Hall–Kier alpha value is -2.79. The summed E-state index contributed by atoms with van der Waals surface area (Å²) in [6.45, 7) is 1.10. The summed E-state index contributed by atoms with van der Waals surface area (Å²) in [6, 6.07) is 22.7. The Balaban J connectivity index is 1.60. The van der Waals surface area contributed by atoms with Gasteiger partial charge in [-0.1, -0.05) is 42.5 Å². The van der Waals surface area contributed by atoms with Crippen molar-refractivity contribution < 1.29 is 14.6 Å². The van der Waals surface area contributed by atoms with Crippen LogP contribution in [-0.2, 0) is 13.2 Å². The van der Waals surface area contributed by atoms with Gasteiger partial charge in [-0.2, -0.15) is 0 Å². The predicted octanol–water partition coefficient (Wildman–Crippen LogP) is 5.34. The van der Waals surface area contributed by atoms with Crippen LogP contribution < -0.4 is 10.1 Å². The molecule has 0 saturated carbocycles. The maximum Gasteiger partial charge on any atom is 0.335 e. The van der Waals surface area contributed by atoms with Gasteiger partial charge in [0.15, 0.2) is 0 Å². The van der Waals surface area contributed by atoms with E-state index in [0.29, 0.717) is 13.2 Å². The van der Waals surface area contributed by atoms with Crippen LogP contribution in [0.4, 0.5) is 5.69 Å². The fraction of sp³-hybridized carbons (Fsp3) is 0.0952. The van der Waals surface area contributed by atoms with Crippen molar-refractivity contribution in [1.29, 1.82) is 0 Å². The van der Waals surface area contributed by atoms with Gasteiger partial charge >= 0.3 is 5.97 Å². The van der Waals surface area contributed by atoms with Crippen molar-refractivity contribution in [2.45, 2.75) is 13.2 Å². The molecular formula is C21H18BrNO3. The van der Waals surface area contributed by atoms with E-state index in [9.17, 15) is 4.79 Å². The molecule has 3 aromatic rings. The zero-order valence-corrected chi connectivity index (χ0v) is 15.6. The highest BCUT2D eigenvalue weighted by atomic mass is 79.9. The second-order valence-electron chi connectivity index (χ2n) is 5.78. The molecule has 2 N–H and O–H groups in total. The fourth-order valence-corrected chi connectivity index (χ4v) is 3.01. The number of carboxylic acids is 1. The number of anilines is 1. The molecule has 132 valence electrons. The van der Waals surface area contributed by atoms with Crippen molar-refractivity contribution in [2.75, 3.05) is 5.32 Å². The van der Waals surface area contributed by atoms with Gasteiger partial charge in [-0.05, 0) is 57.4 Å². The quantitative estimate of drug-likeness (QED) is 0.550. The molecule has 0 bridgehead atoms. The van der Waals surface area contributed by atoms with Gasteiger partial charge in [-0.15, -0.1) is 0 Å². The van der Waals surface area contributed by atoms with Gasteiger partial charge in [-0.3, -0.25) is 0 Å². The lowest BCUT2D eigenvalue weighted by Crippen LogP contribution is -2.02. The normalized spacial score (nSPS) is 10.3. The van der Waals surface area contributed by atoms with Crippen molar-refractivity contribution in [3.05, 3.63) is 94.0 Å². The summed E-state index contributed by atoms with van der Waals surface area (Å²) < 4.78 is 6.73. The van der Waals surface area contributed by atoms with Crippen LogP contribution in [-0.4, -0.2) is 11.1 Å². The number of carboxylic acid groups (broad SMARTS) is 1. The molecule has 0 aromatic heterocycles. The highest BCUT2D eigenvalue weighted by molar-refractivity contribution is 9.10. The van der Waals surface area contributed by atoms with Gasteiger partial charge in [-0.25, -0.2) is 4.79 Å². The van der Waals surface area contributed by atoms with Gasteiger partial charge in [0.05, 0.1) is 10.0 Å². The number of nitrogens with one attached hydrogen (secondary N) is 1. The Morgan fingerprint density at radius 2 is 1.77 bits per heavy atom. The van der Waals surface area contributed by atoms with Crippen molar-refractivity contribution in [3.8, 4) is 5.75 Å². The summed E-state index contributed by atoms with van der Waals surface area (Å²) >= 11 is 3.55. The topological polar surface area (TPSA) is 58.6 Å². The molecular weight excluding hydrogens is 394 g/mol. The number of benzene rings is 3. The Bertz CT molecular complexity index is 897. The van der Waals surface area contributed by atoms with E-state index in [1.807, 2.05) is 54.6 Å². The number of rotatable bonds is 7. The first-order valence-corrected chi connectivity index (χ1v) is 8.93. The molecule has 0 saturated heterocycles. The molecule has 26 heavy (non-hydrogen) atoms. The Morgan fingerprint density at radius 3 is 2.50 bits per heavy atom. The Kier molecular flexibility index (Phi) is 5.92. The number of carbonyl (C=O) groups is 1. The summed E-state index contributed by atoms with van der Waals surface area (Å²) in [6.07, 6.45) is 0. The largest absolute Gasteiger partial charge is 0.488 e. The van der Waals surface area contributed by atoms with Crippen molar-refractivity contribution in [1.82, 2.24) is 0 Å². The zero-order chi connectivity index (χ0) is 18.4. The highest BCUT2D eigenvalue weighted by Crippen LogP contribution is 2.27. The SMILES string of the molecule is O=C(O)c1cccc(NCc2ccc(OCc3ccccc3)c(Br)c2)c1. The monoisotopic (exact) mass is 411 g/mol. The van der Waals surface area contributed by atoms with Gasteiger partial charge in [0.2, 0.25) is 0 Å². The van der Waals surface area contributed by atoms with Crippen LogP contribution in [0.1, 0.15) is 21.5 Å². The average Bonchev–Trinajstić information content (AvgIpc) is 2.66. The average molecular weight is 412 g/mol. The van der Waals surface area contributed by atoms with Gasteiger partial charge in [0.25, 0.3) is 0 Å². The maximum atomic E-state index is 11.0. The molecule has 0 aliphatic rings. The molecule has 3 aromatic carbocycles. The van der Waals surface area contributed by atoms with Gasteiger partial charge in [0, 0.05) is 12.2 Å². The number of hydrogen-bond donors (Lipinski definition) is 2. The second kappa shape index (κ2) is 8.54. The van der Waals surface area contributed by atoms with Crippen LogP contribution in [0, 0.1) is 0 Å². The van der Waals surface area contributed by atoms with Crippen LogP contribution in [0.3, 0.4) is 0 Å². The van der Waals surface area contributed by atoms with Gasteiger partial charge in [0.1, 0.15) is 12.4 Å². The van der Waals surface area contributed by atoms with E-state index >= 15 is 0 Å². The molecule has 0 aliphatic heterocycles. The first-order valence-electron chi connectivity index (χ1n) is 8.14. The van der Waals surface area contributed by atoms with E-state index in [0.717, 1.165) is 27.0 Å². The summed E-state index contributed by atoms with van der Waals surface area (Å²) in [4.78, 5) is 11.0. The predicted molar refractivity (Wildman–Crippen MR) is 106 cm³/mol. The summed E-state index contributed by atoms with van der Waals surface area (Å²) in [5.74, 6) is -0.151. The molecule has 0 atom stereocenters. The van der Waals surface area contributed by atoms with Crippen molar-refractivity contribution >= 4 is 27.6 Å². The number of aromatic carboxylic acids is 1. The highest BCUT2D eigenvalue weighted by Gasteiger charge is 2.05. The Labute approximate surface area is 160 Å². The van der Waals surface area contributed by atoms with Crippen LogP contribution >= 0.6 is 15.9 Å². The first kappa shape index (κ1) is 18.0. The van der Waals surface area contributed by atoms with E-state index in [1.165, 1.54) is 0 Å². The third-order valence-electron chi connectivity index (χ3n) is 3.84. The third-order valence-corrected chi connectivity index (χ3v) is 4.46. The van der Waals surface area contributed by atoms with E-state index < -0.39 is 5.97 Å². The van der Waals surface area contributed by atoms with Crippen LogP contribution in [0.15, 0.2) is 77.3 Å². The molecule has 0 heterocycles. The number of hydrogen-bond acceptors (Lipinski definition) is 3. The Morgan fingerprint density at radius 1 is 0.962 bits per heavy atom. The molecule has 4 nitrogen and oxygen atoms in total. The fourth-order valence-electron chi connectivity index (χ4n) is 2.47. The minimum atomic E-state index is -0.934. The molecule has 3 rings (SSSR count). The van der Waals surface area contributed by atoms with Crippen molar-refractivity contribution in [2.24, 2.45) is 0 Å². The first-order chi connectivity index (χ1) is 12.6. The lowest BCUT2D eigenvalue weighted by atomic mass is 10.2. The summed E-state index contributed by atoms with van der Waals surface area (Å²) in [5, 5.41) is 12.3. The summed E-state index contributed by atoms with van der Waals surface area (Å²) in [5.41, 5.74) is 3.21. The number of ether oxygens (including phenoxy) is 1. The molecule has 0 spiro atoms. The van der Waals surface area contributed by atoms with E-state index in [4.69, 9.17) is 9.84 Å². The molecule has 0 radical (unpaired) electrons. The van der Waals surface area contributed by atoms with E-state index in [2.05, 4.69) is 21.2 Å². The number of halogens is 1. The standard InChI is InChI=1S/C21H18BrNO3/c22-19-11-16(13-23-18-8-4-7-17(12-18)21(24)25)9-10-20(19)26-14-15-5-2-1-3-6-15/h1-12,23H,13-14H2,(H,24,25). The smallest absolute Gasteiger partial charge is 0.335 e. The zero-order valence-electron chi connectivity index (χ0n) is 14.0. The minimum Gasteiger partial charge on any atom is -0.488 e. The minimum absolute atomic E-state index is 0.265. The van der Waals surface area contributed by atoms with Crippen LogP contribution in [0.2, 0.25) is 0 Å². The lowest BCUT2D eigenvalue weighted by Gasteiger charge is -2.11. The molecule has 0 unspecified atom stereocenters. The van der Waals surface area contributed by atoms with Crippen LogP contribution in [0.25, 0.3) is 0 Å². The van der Waals surface area contributed by atoms with E-state index in [-0.39, 0.29) is 5.56 Å². The lowest BCUT2D eigenvalue weighted by molar-refractivity contribution is 0.0697.